The maximum Gasteiger partial charge on any atom is 0.147 e. The molecule has 0 aliphatic carbocycles. The smallest absolute Gasteiger partial charge is 0.147 e. The zero-order valence-electron chi connectivity index (χ0n) is 8.24. The van der Waals surface area contributed by atoms with Crippen LogP contribution in [0.15, 0.2) is 5.10 Å². The van der Waals surface area contributed by atoms with E-state index in [1.54, 1.807) is 6.21 Å². The fourth-order valence-electron chi connectivity index (χ4n) is 1.46. The molecular formula is C9H17BrN2O. The molecule has 1 saturated heterocycles. The molecular weight excluding hydrogens is 232 g/mol. The van der Waals surface area contributed by atoms with Crippen LogP contribution in [0.1, 0.15) is 33.1 Å². The van der Waals surface area contributed by atoms with Gasteiger partial charge in [0.2, 0.25) is 0 Å². The minimum Gasteiger partial charge on any atom is -0.357 e. The fourth-order valence-corrected chi connectivity index (χ4v) is 1.83. The van der Waals surface area contributed by atoms with Crippen LogP contribution in [0.5, 0.6) is 0 Å². The van der Waals surface area contributed by atoms with Crippen molar-refractivity contribution in [1.29, 1.82) is 0 Å². The standard InChI is InChI=1S/C9H17BrN2O/c1-3-11-12(8(2)10)9-6-4-5-7-13-9/h3,8-9H,4-7H2,1-2H3/b11-3-. The van der Waals surface area contributed by atoms with Crippen molar-refractivity contribution in [3.8, 4) is 0 Å². The van der Waals surface area contributed by atoms with Gasteiger partial charge in [-0.05, 0) is 33.1 Å². The summed E-state index contributed by atoms with van der Waals surface area (Å²) in [5.74, 6) is 0. The van der Waals surface area contributed by atoms with Gasteiger partial charge in [0.1, 0.15) is 11.2 Å². The molecule has 0 N–H and O–H groups in total. The van der Waals surface area contributed by atoms with Crippen molar-refractivity contribution in [1.82, 2.24) is 5.01 Å². The van der Waals surface area contributed by atoms with Gasteiger partial charge < -0.3 is 4.74 Å². The van der Waals surface area contributed by atoms with Crippen molar-refractivity contribution < 1.29 is 4.74 Å². The molecule has 0 saturated carbocycles. The molecule has 0 spiro atoms. The van der Waals surface area contributed by atoms with Crippen LogP contribution in [-0.2, 0) is 4.74 Å². The molecule has 13 heavy (non-hydrogen) atoms. The molecule has 1 rings (SSSR count). The maximum atomic E-state index is 5.64. The summed E-state index contributed by atoms with van der Waals surface area (Å²) in [7, 11) is 0. The normalized spacial score (nSPS) is 26.2. The van der Waals surface area contributed by atoms with Crippen molar-refractivity contribution in [3.05, 3.63) is 0 Å². The fraction of sp³-hybridized carbons (Fsp3) is 0.889. The second-order valence-corrected chi connectivity index (χ2v) is 4.47. The van der Waals surface area contributed by atoms with Gasteiger partial charge in [-0.3, -0.25) is 5.01 Å². The Morgan fingerprint density at radius 3 is 2.85 bits per heavy atom. The highest BCUT2D eigenvalue weighted by Gasteiger charge is 2.22. The lowest BCUT2D eigenvalue weighted by atomic mass is 10.2. The first kappa shape index (κ1) is 11.0. The largest absolute Gasteiger partial charge is 0.357 e. The molecule has 0 aromatic carbocycles. The van der Waals surface area contributed by atoms with Crippen LogP contribution < -0.4 is 0 Å². The molecule has 2 atom stereocenters. The minimum atomic E-state index is 0.152. The summed E-state index contributed by atoms with van der Waals surface area (Å²) in [6.07, 6.45) is 5.44. The number of hydrazone groups is 1. The van der Waals surface area contributed by atoms with E-state index in [-0.39, 0.29) is 11.2 Å². The number of nitrogens with zero attached hydrogens (tertiary/aromatic N) is 2. The van der Waals surface area contributed by atoms with Gasteiger partial charge in [-0.1, -0.05) is 15.9 Å². The highest BCUT2D eigenvalue weighted by Crippen LogP contribution is 2.21. The molecule has 2 unspecified atom stereocenters. The molecule has 1 aliphatic rings. The highest BCUT2D eigenvalue weighted by molar-refractivity contribution is 9.09. The van der Waals surface area contributed by atoms with Crippen molar-refractivity contribution in [2.75, 3.05) is 6.61 Å². The van der Waals surface area contributed by atoms with Crippen molar-refractivity contribution in [3.63, 3.8) is 0 Å². The second kappa shape index (κ2) is 5.60. The van der Waals surface area contributed by atoms with Crippen molar-refractivity contribution in [2.45, 2.75) is 44.3 Å². The van der Waals surface area contributed by atoms with E-state index in [1.807, 2.05) is 11.9 Å². The molecule has 76 valence electrons. The first-order chi connectivity index (χ1) is 6.25. The van der Waals surface area contributed by atoms with Gasteiger partial charge in [0.25, 0.3) is 0 Å². The van der Waals surface area contributed by atoms with E-state index >= 15 is 0 Å². The lowest BCUT2D eigenvalue weighted by Gasteiger charge is -2.33. The van der Waals surface area contributed by atoms with Crippen LogP contribution in [0.25, 0.3) is 0 Å². The Hall–Kier alpha value is -0.0900. The van der Waals surface area contributed by atoms with Crippen molar-refractivity contribution >= 4 is 22.1 Å². The van der Waals surface area contributed by atoms with E-state index in [2.05, 4.69) is 28.0 Å². The summed E-state index contributed by atoms with van der Waals surface area (Å²) in [5, 5.41) is 6.26. The third kappa shape index (κ3) is 3.27. The summed E-state index contributed by atoms with van der Waals surface area (Å²) in [6, 6.07) is 0. The Kier molecular flexibility index (Phi) is 4.73. The molecule has 0 radical (unpaired) electrons. The Morgan fingerprint density at radius 2 is 2.38 bits per heavy atom. The lowest BCUT2D eigenvalue weighted by Crippen LogP contribution is -2.39. The monoisotopic (exact) mass is 248 g/mol. The number of rotatable bonds is 3. The Bertz CT molecular complexity index is 167. The molecule has 0 bridgehead atoms. The zero-order chi connectivity index (χ0) is 9.68. The molecule has 3 nitrogen and oxygen atoms in total. The van der Waals surface area contributed by atoms with Crippen LogP contribution >= 0.6 is 15.9 Å². The SMILES string of the molecule is C/C=N\N(C(C)Br)C1CCCCO1. The Labute approximate surface area is 88.3 Å². The predicted octanol–water partition coefficient (Wildman–Crippen LogP) is 2.56. The van der Waals surface area contributed by atoms with Crippen molar-refractivity contribution in [2.24, 2.45) is 5.10 Å². The number of halogens is 1. The second-order valence-electron chi connectivity index (χ2n) is 3.15. The summed E-state index contributed by atoms with van der Waals surface area (Å²) >= 11 is 3.51. The van der Waals surface area contributed by atoms with E-state index in [0.29, 0.717) is 0 Å². The number of hydrogen-bond donors (Lipinski definition) is 0. The third-order valence-corrected chi connectivity index (χ3v) is 2.48. The van der Waals surface area contributed by atoms with E-state index in [1.165, 1.54) is 12.8 Å². The van der Waals surface area contributed by atoms with Crippen LogP contribution in [0.2, 0.25) is 0 Å². The molecule has 1 heterocycles. The lowest BCUT2D eigenvalue weighted by molar-refractivity contribution is -0.0869. The topological polar surface area (TPSA) is 24.8 Å². The Balaban J connectivity index is 2.51. The number of alkyl halides is 1. The molecule has 0 aromatic rings. The van der Waals surface area contributed by atoms with Gasteiger partial charge in [-0.15, -0.1) is 0 Å². The van der Waals surface area contributed by atoms with E-state index in [0.717, 1.165) is 13.0 Å². The third-order valence-electron chi connectivity index (χ3n) is 2.06. The van der Waals surface area contributed by atoms with Gasteiger partial charge in [0.05, 0.1) is 0 Å². The van der Waals surface area contributed by atoms with Crippen LogP contribution in [0, 0.1) is 0 Å². The minimum absolute atomic E-state index is 0.152. The zero-order valence-corrected chi connectivity index (χ0v) is 9.83. The summed E-state index contributed by atoms with van der Waals surface area (Å²) in [6.45, 7) is 4.84. The molecule has 0 amide bonds. The maximum absolute atomic E-state index is 5.64. The Morgan fingerprint density at radius 1 is 1.62 bits per heavy atom. The molecule has 1 aliphatic heterocycles. The summed E-state index contributed by atoms with van der Waals surface area (Å²) < 4.78 is 5.64. The first-order valence-electron chi connectivity index (χ1n) is 4.78. The van der Waals surface area contributed by atoms with Gasteiger partial charge in [-0.25, -0.2) is 0 Å². The average Bonchev–Trinajstić information content (AvgIpc) is 2.15. The van der Waals surface area contributed by atoms with Gasteiger partial charge in [0.15, 0.2) is 0 Å². The predicted molar refractivity (Wildman–Crippen MR) is 58.0 cm³/mol. The highest BCUT2D eigenvalue weighted by atomic mass is 79.9. The average molecular weight is 249 g/mol. The molecule has 4 heteroatoms. The van der Waals surface area contributed by atoms with Crippen LogP contribution in [0.3, 0.4) is 0 Å². The van der Waals surface area contributed by atoms with Gasteiger partial charge in [-0.2, -0.15) is 5.10 Å². The molecule has 1 fully saturated rings. The first-order valence-corrected chi connectivity index (χ1v) is 5.70. The quantitative estimate of drug-likeness (QED) is 0.332. The summed E-state index contributed by atoms with van der Waals surface area (Å²) in [5.41, 5.74) is 0. The van der Waals surface area contributed by atoms with Crippen LogP contribution in [-0.4, -0.2) is 29.0 Å². The van der Waals surface area contributed by atoms with Gasteiger partial charge in [0, 0.05) is 12.8 Å². The van der Waals surface area contributed by atoms with Gasteiger partial charge >= 0.3 is 0 Å². The van der Waals surface area contributed by atoms with E-state index < -0.39 is 0 Å². The van der Waals surface area contributed by atoms with Crippen LogP contribution in [0.4, 0.5) is 0 Å². The van der Waals surface area contributed by atoms with E-state index in [9.17, 15) is 0 Å². The number of ether oxygens (including phenoxy) is 1. The van der Waals surface area contributed by atoms with E-state index in [4.69, 9.17) is 4.74 Å². The number of hydrogen-bond acceptors (Lipinski definition) is 3. The summed E-state index contributed by atoms with van der Waals surface area (Å²) in [4.78, 5) is 0.229. The molecule has 0 aromatic heterocycles.